The second-order valence-electron chi connectivity index (χ2n) is 2.58. The number of hydrogen-bond acceptors (Lipinski definition) is 2. The second-order valence-corrected chi connectivity index (χ2v) is 2.96. The molecule has 0 spiro atoms. The first kappa shape index (κ1) is 11.0. The predicted octanol–water partition coefficient (Wildman–Crippen LogP) is 2.95. The summed E-state index contributed by atoms with van der Waals surface area (Å²) in [5.41, 5.74) is 4.23. The van der Waals surface area contributed by atoms with Gasteiger partial charge >= 0.3 is 6.18 Å². The Bertz CT molecular complexity index is 351. The normalized spacial score (nSPS) is 11.5. The molecule has 0 radical (unpaired) electrons. The lowest BCUT2D eigenvalue weighted by molar-refractivity contribution is -0.137. The molecule has 0 heterocycles. The van der Waals surface area contributed by atoms with Crippen molar-refractivity contribution in [3.63, 3.8) is 0 Å². The summed E-state index contributed by atoms with van der Waals surface area (Å²) in [6.07, 6.45) is -4.53. The van der Waals surface area contributed by atoms with Gasteiger partial charge in [0, 0.05) is 11.8 Å². The van der Waals surface area contributed by atoms with Crippen molar-refractivity contribution in [1.29, 1.82) is 0 Å². The largest absolute Gasteiger partial charge is 0.495 e. The van der Waals surface area contributed by atoms with Crippen LogP contribution in [0.15, 0.2) is 12.1 Å². The van der Waals surface area contributed by atoms with Crippen molar-refractivity contribution in [2.24, 2.45) is 0 Å². The van der Waals surface area contributed by atoms with Crippen molar-refractivity contribution >= 4 is 17.3 Å². The smallest absolute Gasteiger partial charge is 0.418 e. The minimum absolute atomic E-state index is 0.0430. The molecule has 0 aliphatic heterocycles. The molecule has 2 N–H and O–H groups in total. The maximum absolute atomic E-state index is 12.3. The fourth-order valence-corrected chi connectivity index (χ4v) is 1.27. The van der Waals surface area contributed by atoms with Gasteiger partial charge in [0.15, 0.2) is 0 Å². The van der Waals surface area contributed by atoms with Gasteiger partial charge in [-0.2, -0.15) is 13.2 Å². The third-order valence-corrected chi connectivity index (χ3v) is 1.98. The maximum atomic E-state index is 12.3. The molecule has 0 fully saturated rings. The Labute approximate surface area is 83.4 Å². The van der Waals surface area contributed by atoms with Gasteiger partial charge in [0.1, 0.15) is 5.75 Å². The second kappa shape index (κ2) is 3.57. The number of anilines is 1. The predicted molar refractivity (Wildman–Crippen MR) is 47.4 cm³/mol. The van der Waals surface area contributed by atoms with Crippen molar-refractivity contribution in [2.75, 3.05) is 12.8 Å². The molecule has 0 bridgehead atoms. The Kier molecular flexibility index (Phi) is 2.80. The van der Waals surface area contributed by atoms with E-state index in [0.717, 1.165) is 6.07 Å². The fourth-order valence-electron chi connectivity index (χ4n) is 0.974. The van der Waals surface area contributed by atoms with Crippen LogP contribution in [0.5, 0.6) is 5.75 Å². The van der Waals surface area contributed by atoms with Crippen LogP contribution in [0.3, 0.4) is 0 Å². The minimum Gasteiger partial charge on any atom is -0.495 e. The summed E-state index contributed by atoms with van der Waals surface area (Å²) < 4.78 is 41.7. The molecule has 0 aliphatic rings. The molecular formula is C8H7ClF3NO. The van der Waals surface area contributed by atoms with Crippen LogP contribution in [0.25, 0.3) is 0 Å². The first-order chi connectivity index (χ1) is 6.36. The molecule has 0 aromatic heterocycles. The minimum atomic E-state index is -4.53. The number of rotatable bonds is 1. The molecule has 0 saturated heterocycles. The number of methoxy groups -OCH3 is 1. The zero-order valence-corrected chi connectivity index (χ0v) is 7.91. The van der Waals surface area contributed by atoms with Crippen molar-refractivity contribution < 1.29 is 17.9 Å². The van der Waals surface area contributed by atoms with E-state index >= 15 is 0 Å². The molecule has 14 heavy (non-hydrogen) atoms. The van der Waals surface area contributed by atoms with Crippen LogP contribution in [0.1, 0.15) is 5.56 Å². The zero-order chi connectivity index (χ0) is 10.9. The number of alkyl halides is 3. The van der Waals surface area contributed by atoms with E-state index < -0.39 is 16.8 Å². The van der Waals surface area contributed by atoms with Crippen LogP contribution in [0.4, 0.5) is 18.9 Å². The van der Waals surface area contributed by atoms with Crippen LogP contribution in [-0.2, 0) is 6.18 Å². The standard InChI is InChI=1S/C8H7ClF3NO/c1-14-6-3-4(13)2-5(7(6)9)8(10,11)12/h2-3H,13H2,1H3. The molecule has 0 unspecified atom stereocenters. The zero-order valence-electron chi connectivity index (χ0n) is 7.15. The third-order valence-electron chi connectivity index (χ3n) is 1.59. The van der Waals surface area contributed by atoms with E-state index in [-0.39, 0.29) is 11.4 Å². The molecule has 0 aliphatic carbocycles. The van der Waals surface area contributed by atoms with E-state index in [4.69, 9.17) is 17.3 Å². The number of benzene rings is 1. The Morgan fingerprint density at radius 1 is 1.36 bits per heavy atom. The van der Waals surface area contributed by atoms with Gasteiger partial charge in [-0.25, -0.2) is 0 Å². The quantitative estimate of drug-likeness (QED) is 0.746. The molecule has 0 atom stereocenters. The van der Waals surface area contributed by atoms with Gasteiger partial charge in [0.05, 0.1) is 17.7 Å². The highest BCUT2D eigenvalue weighted by atomic mass is 35.5. The molecule has 78 valence electrons. The average Bonchev–Trinajstić information content (AvgIpc) is 2.06. The lowest BCUT2D eigenvalue weighted by atomic mass is 10.2. The first-order valence-corrected chi connectivity index (χ1v) is 3.94. The van der Waals surface area contributed by atoms with Gasteiger partial charge in [-0.3, -0.25) is 0 Å². The summed E-state index contributed by atoms with van der Waals surface area (Å²) in [5, 5.41) is -0.478. The van der Waals surface area contributed by atoms with Crippen molar-refractivity contribution in [2.45, 2.75) is 6.18 Å². The summed E-state index contributed by atoms with van der Waals surface area (Å²) in [5.74, 6) is -0.0843. The summed E-state index contributed by atoms with van der Waals surface area (Å²) in [6.45, 7) is 0. The monoisotopic (exact) mass is 225 g/mol. The maximum Gasteiger partial charge on any atom is 0.418 e. The Hall–Kier alpha value is -1.10. The van der Waals surface area contributed by atoms with Crippen LogP contribution < -0.4 is 10.5 Å². The lowest BCUT2D eigenvalue weighted by Gasteiger charge is -2.12. The Balaban J connectivity index is 3.37. The molecule has 1 aromatic carbocycles. The molecule has 1 aromatic rings. The number of hydrogen-bond donors (Lipinski definition) is 1. The van der Waals surface area contributed by atoms with Crippen LogP contribution in [0, 0.1) is 0 Å². The number of ether oxygens (including phenoxy) is 1. The van der Waals surface area contributed by atoms with Gasteiger partial charge in [-0.15, -0.1) is 0 Å². The van der Waals surface area contributed by atoms with Crippen LogP contribution in [-0.4, -0.2) is 7.11 Å². The molecule has 6 heteroatoms. The van der Waals surface area contributed by atoms with E-state index in [1.54, 1.807) is 0 Å². The highest BCUT2D eigenvalue weighted by Crippen LogP contribution is 2.40. The molecule has 2 nitrogen and oxygen atoms in total. The van der Waals surface area contributed by atoms with Crippen molar-refractivity contribution in [3.05, 3.63) is 22.7 Å². The first-order valence-electron chi connectivity index (χ1n) is 3.56. The molecular weight excluding hydrogens is 219 g/mol. The molecule has 1 rings (SSSR count). The van der Waals surface area contributed by atoms with Crippen molar-refractivity contribution in [1.82, 2.24) is 0 Å². The van der Waals surface area contributed by atoms with Crippen molar-refractivity contribution in [3.8, 4) is 5.75 Å². The fraction of sp³-hybridized carbons (Fsp3) is 0.250. The Morgan fingerprint density at radius 2 is 1.93 bits per heavy atom. The van der Waals surface area contributed by atoms with E-state index in [0.29, 0.717) is 0 Å². The summed E-state index contributed by atoms with van der Waals surface area (Å²) >= 11 is 5.46. The van der Waals surface area contributed by atoms with Gasteiger partial charge in [-0.05, 0) is 6.07 Å². The topological polar surface area (TPSA) is 35.2 Å². The lowest BCUT2D eigenvalue weighted by Crippen LogP contribution is -2.07. The van der Waals surface area contributed by atoms with Crippen LogP contribution in [0.2, 0.25) is 5.02 Å². The van der Waals surface area contributed by atoms with Crippen LogP contribution >= 0.6 is 11.6 Å². The summed E-state index contributed by atoms with van der Waals surface area (Å²) in [7, 11) is 1.22. The third kappa shape index (κ3) is 2.04. The van der Waals surface area contributed by atoms with Gasteiger partial charge in [0.25, 0.3) is 0 Å². The number of halogens is 4. The molecule has 0 amide bonds. The number of nitrogens with two attached hydrogens (primary N) is 1. The van der Waals surface area contributed by atoms with Gasteiger partial charge < -0.3 is 10.5 Å². The van der Waals surface area contributed by atoms with E-state index in [1.807, 2.05) is 0 Å². The van der Waals surface area contributed by atoms with Gasteiger partial charge in [-0.1, -0.05) is 11.6 Å². The summed E-state index contributed by atoms with van der Waals surface area (Å²) in [6, 6.07) is 2.00. The highest BCUT2D eigenvalue weighted by Gasteiger charge is 2.34. The Morgan fingerprint density at radius 3 is 2.36 bits per heavy atom. The van der Waals surface area contributed by atoms with E-state index in [1.165, 1.54) is 13.2 Å². The number of nitrogen functional groups attached to an aromatic ring is 1. The average molecular weight is 226 g/mol. The SMILES string of the molecule is COc1cc(N)cc(C(F)(F)F)c1Cl. The van der Waals surface area contributed by atoms with E-state index in [9.17, 15) is 13.2 Å². The van der Waals surface area contributed by atoms with Gasteiger partial charge in [0.2, 0.25) is 0 Å². The highest BCUT2D eigenvalue weighted by molar-refractivity contribution is 6.33. The van der Waals surface area contributed by atoms with E-state index in [2.05, 4.69) is 4.74 Å². The molecule has 0 saturated carbocycles. The summed E-state index contributed by atoms with van der Waals surface area (Å²) in [4.78, 5) is 0.